The van der Waals surface area contributed by atoms with E-state index >= 15 is 0 Å². The first kappa shape index (κ1) is 13.6. The van der Waals surface area contributed by atoms with Crippen molar-refractivity contribution in [2.45, 2.75) is 19.8 Å². The lowest BCUT2D eigenvalue weighted by molar-refractivity contribution is -0.121. The minimum Gasteiger partial charge on any atom is -0.355 e. The lowest BCUT2D eigenvalue weighted by atomic mass is 10.1. The molecule has 3 N–H and O–H groups in total. The molecule has 0 heterocycles. The smallest absolute Gasteiger partial charge is 0.220 e. The Labute approximate surface area is 88.1 Å². The summed E-state index contributed by atoms with van der Waals surface area (Å²) in [6.45, 7) is 3.14. The van der Waals surface area contributed by atoms with Crippen LogP contribution in [0.4, 0.5) is 0 Å². The van der Waals surface area contributed by atoms with Gasteiger partial charge >= 0.3 is 0 Å². The lowest BCUT2D eigenvalue weighted by Crippen LogP contribution is -2.28. The topological polar surface area (TPSA) is 72.2 Å². The minimum absolute atomic E-state index is 0.0238. The summed E-state index contributed by atoms with van der Waals surface area (Å²) in [4.78, 5) is 11.2. The Hall–Kier alpha value is -0.420. The van der Waals surface area contributed by atoms with E-state index in [2.05, 4.69) is 5.32 Å². The molecule has 0 spiro atoms. The first-order chi connectivity index (χ1) is 6.56. The van der Waals surface area contributed by atoms with Gasteiger partial charge in [-0.3, -0.25) is 9.00 Å². The molecule has 0 aromatic carbocycles. The Bertz CT molecular complexity index is 197. The van der Waals surface area contributed by atoms with Gasteiger partial charge in [-0.25, -0.2) is 0 Å². The fraction of sp³-hybridized carbons (Fsp3) is 0.889. The van der Waals surface area contributed by atoms with E-state index in [1.165, 1.54) is 0 Å². The zero-order valence-corrected chi connectivity index (χ0v) is 9.73. The van der Waals surface area contributed by atoms with Gasteiger partial charge in [0.05, 0.1) is 0 Å². The van der Waals surface area contributed by atoms with Crippen molar-refractivity contribution < 1.29 is 9.00 Å². The fourth-order valence-corrected chi connectivity index (χ4v) is 1.31. The van der Waals surface area contributed by atoms with E-state index in [0.717, 1.165) is 6.42 Å². The Kier molecular flexibility index (Phi) is 7.70. The number of nitrogens with two attached hydrogens (primary N) is 1. The van der Waals surface area contributed by atoms with Crippen LogP contribution in [-0.2, 0) is 15.6 Å². The number of hydrogen-bond donors (Lipinski definition) is 2. The van der Waals surface area contributed by atoms with Crippen molar-refractivity contribution >= 4 is 16.7 Å². The predicted molar refractivity (Wildman–Crippen MR) is 59.4 cm³/mol. The summed E-state index contributed by atoms with van der Waals surface area (Å²) >= 11 is 0. The van der Waals surface area contributed by atoms with Crippen molar-refractivity contribution in [1.29, 1.82) is 0 Å². The first-order valence-electron chi connectivity index (χ1n) is 4.83. The van der Waals surface area contributed by atoms with Crippen molar-refractivity contribution in [3.63, 3.8) is 0 Å². The van der Waals surface area contributed by atoms with Gasteiger partial charge < -0.3 is 11.1 Å². The monoisotopic (exact) mass is 220 g/mol. The van der Waals surface area contributed by atoms with Gasteiger partial charge in [0.1, 0.15) is 0 Å². The van der Waals surface area contributed by atoms with Crippen molar-refractivity contribution in [2.24, 2.45) is 11.7 Å². The molecule has 0 aromatic heterocycles. The number of carbonyl (C=O) groups excluding carboxylic acids is 1. The normalized spacial score (nSPS) is 14.8. The Morgan fingerprint density at radius 2 is 2.21 bits per heavy atom. The molecule has 2 atom stereocenters. The summed E-state index contributed by atoms with van der Waals surface area (Å²) in [5.74, 6) is 0.940. The molecular weight excluding hydrogens is 200 g/mol. The van der Waals surface area contributed by atoms with Crippen molar-refractivity contribution in [3.05, 3.63) is 0 Å². The fourth-order valence-electron chi connectivity index (χ4n) is 0.918. The molecule has 0 aliphatic heterocycles. The summed E-state index contributed by atoms with van der Waals surface area (Å²) in [5, 5.41) is 2.72. The maximum atomic E-state index is 11.2. The van der Waals surface area contributed by atoms with Crippen LogP contribution in [0, 0.1) is 5.92 Å². The number of carbonyl (C=O) groups is 1. The van der Waals surface area contributed by atoms with E-state index in [1.54, 1.807) is 6.26 Å². The first-order valence-corrected chi connectivity index (χ1v) is 6.55. The highest BCUT2D eigenvalue weighted by Crippen LogP contribution is 2.02. The van der Waals surface area contributed by atoms with Crippen LogP contribution in [0.25, 0.3) is 0 Å². The summed E-state index contributed by atoms with van der Waals surface area (Å²) in [6, 6.07) is 0. The molecule has 0 bridgehead atoms. The summed E-state index contributed by atoms with van der Waals surface area (Å²) in [5.41, 5.74) is 5.43. The SMILES string of the molecule is CC(CN)CCC(=O)NCCS(C)=O. The van der Waals surface area contributed by atoms with Crippen LogP contribution in [0.1, 0.15) is 19.8 Å². The highest BCUT2D eigenvalue weighted by Gasteiger charge is 2.04. The van der Waals surface area contributed by atoms with Gasteiger partial charge in [-0.05, 0) is 18.9 Å². The number of rotatable bonds is 7. The van der Waals surface area contributed by atoms with Crippen LogP contribution < -0.4 is 11.1 Å². The molecule has 84 valence electrons. The van der Waals surface area contributed by atoms with Gasteiger partial charge in [0.15, 0.2) is 0 Å². The standard InChI is InChI=1S/C9H20N2O2S/c1-8(7-10)3-4-9(12)11-5-6-14(2)13/h8H,3-7,10H2,1-2H3,(H,11,12). The molecule has 0 saturated heterocycles. The average molecular weight is 220 g/mol. The van der Waals surface area contributed by atoms with Crippen LogP contribution in [0.15, 0.2) is 0 Å². The molecule has 14 heavy (non-hydrogen) atoms. The predicted octanol–water partition coefficient (Wildman–Crippen LogP) is -0.144. The van der Waals surface area contributed by atoms with Crippen molar-refractivity contribution in [1.82, 2.24) is 5.32 Å². The Balaban J connectivity index is 3.41. The van der Waals surface area contributed by atoms with E-state index in [-0.39, 0.29) is 5.91 Å². The molecule has 1 amide bonds. The highest BCUT2D eigenvalue weighted by atomic mass is 32.2. The quantitative estimate of drug-likeness (QED) is 0.627. The second-order valence-electron chi connectivity index (χ2n) is 3.51. The van der Waals surface area contributed by atoms with Gasteiger partial charge in [-0.15, -0.1) is 0 Å². The Morgan fingerprint density at radius 1 is 1.57 bits per heavy atom. The third kappa shape index (κ3) is 8.19. The van der Waals surface area contributed by atoms with Crippen molar-refractivity contribution in [3.8, 4) is 0 Å². The second kappa shape index (κ2) is 7.94. The molecular formula is C9H20N2O2S. The van der Waals surface area contributed by atoms with Crippen LogP contribution in [0.2, 0.25) is 0 Å². The van der Waals surface area contributed by atoms with Gasteiger partial charge in [0.25, 0.3) is 0 Å². The van der Waals surface area contributed by atoms with Crippen LogP contribution in [0.3, 0.4) is 0 Å². The Morgan fingerprint density at radius 3 is 2.71 bits per heavy atom. The third-order valence-electron chi connectivity index (χ3n) is 1.98. The number of amides is 1. The minimum atomic E-state index is -0.831. The zero-order chi connectivity index (χ0) is 11.0. The number of hydrogen-bond acceptors (Lipinski definition) is 3. The summed E-state index contributed by atoms with van der Waals surface area (Å²) in [6.07, 6.45) is 2.95. The molecule has 2 unspecified atom stereocenters. The van der Waals surface area contributed by atoms with Crippen LogP contribution >= 0.6 is 0 Å². The van der Waals surface area contributed by atoms with E-state index in [0.29, 0.717) is 31.2 Å². The van der Waals surface area contributed by atoms with Crippen molar-refractivity contribution in [2.75, 3.05) is 25.1 Å². The van der Waals surface area contributed by atoms with Gasteiger partial charge in [-0.2, -0.15) is 0 Å². The average Bonchev–Trinajstić information content (AvgIpc) is 2.13. The zero-order valence-electron chi connectivity index (χ0n) is 8.91. The highest BCUT2D eigenvalue weighted by molar-refractivity contribution is 7.84. The summed E-state index contributed by atoms with van der Waals surface area (Å²) in [7, 11) is -0.831. The molecule has 4 nitrogen and oxygen atoms in total. The molecule has 0 aromatic rings. The van der Waals surface area contributed by atoms with Crippen LogP contribution in [-0.4, -0.2) is 35.2 Å². The third-order valence-corrected chi connectivity index (χ3v) is 2.76. The second-order valence-corrected chi connectivity index (χ2v) is 5.06. The molecule has 0 saturated carbocycles. The number of nitrogens with one attached hydrogen (secondary N) is 1. The van der Waals surface area contributed by atoms with E-state index < -0.39 is 10.8 Å². The van der Waals surface area contributed by atoms with E-state index in [1.807, 2.05) is 6.92 Å². The van der Waals surface area contributed by atoms with E-state index in [4.69, 9.17) is 5.73 Å². The van der Waals surface area contributed by atoms with Gasteiger partial charge in [-0.1, -0.05) is 6.92 Å². The van der Waals surface area contributed by atoms with E-state index in [9.17, 15) is 9.00 Å². The molecule has 0 fully saturated rings. The maximum absolute atomic E-state index is 11.2. The molecule has 5 heteroatoms. The lowest BCUT2D eigenvalue weighted by Gasteiger charge is -2.07. The molecule has 0 aliphatic rings. The van der Waals surface area contributed by atoms with Gasteiger partial charge in [0.2, 0.25) is 5.91 Å². The molecule has 0 radical (unpaired) electrons. The van der Waals surface area contributed by atoms with Crippen LogP contribution in [0.5, 0.6) is 0 Å². The molecule has 0 aliphatic carbocycles. The summed E-state index contributed by atoms with van der Waals surface area (Å²) < 4.78 is 10.7. The van der Waals surface area contributed by atoms with Gasteiger partial charge in [0, 0.05) is 35.8 Å². The maximum Gasteiger partial charge on any atom is 0.220 e. The molecule has 0 rings (SSSR count). The largest absolute Gasteiger partial charge is 0.355 e.